The molecule has 0 fully saturated rings. The van der Waals surface area contributed by atoms with Gasteiger partial charge in [0.15, 0.2) is 5.65 Å². The molecule has 4 aromatic rings. The van der Waals surface area contributed by atoms with Crippen LogP contribution in [0.4, 0.5) is 5.95 Å². The zero-order valence-electron chi connectivity index (χ0n) is 15.9. The lowest BCUT2D eigenvalue weighted by Gasteiger charge is -2.29. The number of aromatic nitrogens is 4. The van der Waals surface area contributed by atoms with E-state index in [4.69, 9.17) is 12.2 Å². The number of benzene rings is 2. The van der Waals surface area contributed by atoms with Crippen LogP contribution in [0.25, 0.3) is 16.7 Å². The normalized spacial score (nSPS) is 13.5. The molecule has 2 aromatic carbocycles. The van der Waals surface area contributed by atoms with Gasteiger partial charge in [0.25, 0.3) is 5.56 Å². The third-order valence-electron chi connectivity index (χ3n) is 5.36. The Morgan fingerprint density at radius 1 is 1.07 bits per heavy atom. The van der Waals surface area contributed by atoms with Crippen LogP contribution in [0.5, 0.6) is 0 Å². The Morgan fingerprint density at radius 3 is 2.62 bits per heavy atom. The number of aryl methyl sites for hydroxylation is 1. The standard InChI is InChI=1S/C22H19N5OS/c1-14-6-8-17(9-7-14)27-13-23-19-18(21(27)29)20(28)25-22(24-19)26-11-10-15-4-2-3-5-16(15)12-26/h2-9,13H,10-12H2,1H3,(H,24,25,28). The van der Waals surface area contributed by atoms with E-state index in [2.05, 4.69) is 38.1 Å². The van der Waals surface area contributed by atoms with E-state index in [1.165, 1.54) is 11.1 Å². The average molecular weight is 401 g/mol. The van der Waals surface area contributed by atoms with Gasteiger partial charge >= 0.3 is 0 Å². The van der Waals surface area contributed by atoms with Crippen molar-refractivity contribution in [3.05, 3.63) is 86.5 Å². The Kier molecular flexibility index (Phi) is 4.24. The zero-order chi connectivity index (χ0) is 20.0. The molecule has 0 amide bonds. The van der Waals surface area contributed by atoms with Crippen molar-refractivity contribution >= 4 is 29.2 Å². The van der Waals surface area contributed by atoms with E-state index in [0.29, 0.717) is 28.2 Å². The predicted molar refractivity (Wildman–Crippen MR) is 116 cm³/mol. The molecule has 0 atom stereocenters. The number of nitrogens with one attached hydrogen (secondary N) is 1. The summed E-state index contributed by atoms with van der Waals surface area (Å²) in [5.74, 6) is 0.534. The van der Waals surface area contributed by atoms with E-state index in [1.807, 2.05) is 37.3 Å². The molecule has 144 valence electrons. The maximum absolute atomic E-state index is 12.9. The molecule has 7 heteroatoms. The van der Waals surface area contributed by atoms with Crippen molar-refractivity contribution in [1.29, 1.82) is 0 Å². The minimum atomic E-state index is -0.261. The van der Waals surface area contributed by atoms with E-state index in [-0.39, 0.29) is 5.56 Å². The number of nitrogens with zero attached hydrogens (tertiary/aromatic N) is 4. The van der Waals surface area contributed by atoms with Crippen LogP contribution in [0.1, 0.15) is 16.7 Å². The topological polar surface area (TPSA) is 66.8 Å². The van der Waals surface area contributed by atoms with Gasteiger partial charge in [-0.1, -0.05) is 54.2 Å². The van der Waals surface area contributed by atoms with Crippen molar-refractivity contribution in [2.24, 2.45) is 0 Å². The fourth-order valence-corrected chi connectivity index (χ4v) is 4.07. The van der Waals surface area contributed by atoms with Crippen LogP contribution in [0, 0.1) is 11.6 Å². The lowest BCUT2D eigenvalue weighted by atomic mass is 10.0. The second-order valence-corrected chi connectivity index (χ2v) is 7.67. The van der Waals surface area contributed by atoms with E-state index in [0.717, 1.165) is 24.2 Å². The summed E-state index contributed by atoms with van der Waals surface area (Å²) in [4.78, 5) is 27.0. The molecule has 3 heterocycles. The fourth-order valence-electron chi connectivity index (χ4n) is 3.74. The SMILES string of the molecule is Cc1ccc(-n2cnc3nc(N4CCc5ccccc5C4)[nH]c(=O)c3c2=S)cc1. The summed E-state index contributed by atoms with van der Waals surface area (Å²) in [6, 6.07) is 16.3. The maximum Gasteiger partial charge on any atom is 0.264 e. The highest BCUT2D eigenvalue weighted by molar-refractivity contribution is 7.71. The molecule has 1 aliphatic heterocycles. The molecular weight excluding hydrogens is 382 g/mol. The summed E-state index contributed by atoms with van der Waals surface area (Å²) < 4.78 is 2.15. The minimum absolute atomic E-state index is 0.261. The van der Waals surface area contributed by atoms with Gasteiger partial charge in [-0.3, -0.25) is 14.3 Å². The zero-order valence-corrected chi connectivity index (χ0v) is 16.7. The van der Waals surface area contributed by atoms with Gasteiger partial charge in [0, 0.05) is 18.8 Å². The van der Waals surface area contributed by atoms with Crippen molar-refractivity contribution in [3.8, 4) is 5.69 Å². The van der Waals surface area contributed by atoms with Crippen molar-refractivity contribution < 1.29 is 0 Å². The summed E-state index contributed by atoms with van der Waals surface area (Å²) in [6.07, 6.45) is 2.55. The third kappa shape index (κ3) is 3.13. The first-order valence-electron chi connectivity index (χ1n) is 9.50. The molecule has 0 saturated heterocycles. The maximum atomic E-state index is 12.9. The van der Waals surface area contributed by atoms with Crippen LogP contribution in [-0.4, -0.2) is 26.1 Å². The molecule has 2 aromatic heterocycles. The number of rotatable bonds is 2. The number of H-pyrrole nitrogens is 1. The van der Waals surface area contributed by atoms with Crippen LogP contribution in [0.3, 0.4) is 0 Å². The van der Waals surface area contributed by atoms with Gasteiger partial charge in [0.1, 0.15) is 16.4 Å². The summed E-state index contributed by atoms with van der Waals surface area (Å²) in [5.41, 5.74) is 4.73. The quantitative estimate of drug-likeness (QED) is 0.519. The Morgan fingerprint density at radius 2 is 1.83 bits per heavy atom. The van der Waals surface area contributed by atoms with Gasteiger partial charge in [0.05, 0.1) is 0 Å². The van der Waals surface area contributed by atoms with E-state index in [1.54, 1.807) is 10.9 Å². The lowest BCUT2D eigenvalue weighted by molar-refractivity contribution is 0.707. The largest absolute Gasteiger partial charge is 0.338 e. The van der Waals surface area contributed by atoms with Gasteiger partial charge < -0.3 is 4.90 Å². The minimum Gasteiger partial charge on any atom is -0.338 e. The number of hydrogen-bond donors (Lipinski definition) is 1. The highest BCUT2D eigenvalue weighted by Gasteiger charge is 2.19. The molecule has 0 spiro atoms. The van der Waals surface area contributed by atoms with Crippen LogP contribution in [0.2, 0.25) is 0 Å². The van der Waals surface area contributed by atoms with Crippen LogP contribution in [-0.2, 0) is 13.0 Å². The number of fused-ring (bicyclic) bond motifs is 2. The molecule has 5 rings (SSSR count). The molecule has 6 nitrogen and oxygen atoms in total. The highest BCUT2D eigenvalue weighted by Crippen LogP contribution is 2.22. The molecule has 0 unspecified atom stereocenters. The van der Waals surface area contributed by atoms with Gasteiger partial charge in [-0.25, -0.2) is 4.98 Å². The summed E-state index contributed by atoms with van der Waals surface area (Å²) >= 11 is 5.60. The third-order valence-corrected chi connectivity index (χ3v) is 5.76. The molecule has 0 aliphatic carbocycles. The summed E-state index contributed by atoms with van der Waals surface area (Å²) in [5, 5.41) is 0.337. The Balaban J connectivity index is 1.58. The van der Waals surface area contributed by atoms with E-state index in [9.17, 15) is 4.79 Å². The first kappa shape index (κ1) is 17.8. The first-order valence-corrected chi connectivity index (χ1v) is 9.91. The fraction of sp³-hybridized carbons (Fsp3) is 0.182. The Labute approximate surface area is 172 Å². The van der Waals surface area contributed by atoms with Crippen molar-refractivity contribution in [1.82, 2.24) is 19.5 Å². The molecule has 0 radical (unpaired) electrons. The van der Waals surface area contributed by atoms with E-state index >= 15 is 0 Å². The molecular formula is C22H19N5OS. The molecule has 1 N–H and O–H groups in total. The second-order valence-electron chi connectivity index (χ2n) is 7.28. The molecule has 29 heavy (non-hydrogen) atoms. The lowest BCUT2D eigenvalue weighted by Crippen LogP contribution is -2.33. The van der Waals surface area contributed by atoms with Gasteiger partial charge in [0.2, 0.25) is 5.95 Å². The number of aromatic amines is 1. The second kappa shape index (κ2) is 6.93. The van der Waals surface area contributed by atoms with Crippen LogP contribution in [0.15, 0.2) is 59.7 Å². The van der Waals surface area contributed by atoms with Crippen LogP contribution < -0.4 is 10.5 Å². The molecule has 0 saturated carbocycles. The molecule has 0 bridgehead atoms. The number of hydrogen-bond acceptors (Lipinski definition) is 5. The summed E-state index contributed by atoms with van der Waals surface area (Å²) in [6.45, 7) is 3.53. The predicted octanol–water partition coefficient (Wildman–Crippen LogP) is 3.71. The van der Waals surface area contributed by atoms with Gasteiger partial charge in [-0.05, 0) is 36.6 Å². The van der Waals surface area contributed by atoms with Crippen LogP contribution >= 0.6 is 12.2 Å². The van der Waals surface area contributed by atoms with Gasteiger partial charge in [-0.2, -0.15) is 4.98 Å². The summed E-state index contributed by atoms with van der Waals surface area (Å²) in [7, 11) is 0. The van der Waals surface area contributed by atoms with Crippen molar-refractivity contribution in [2.45, 2.75) is 19.9 Å². The smallest absolute Gasteiger partial charge is 0.264 e. The van der Waals surface area contributed by atoms with Crippen molar-refractivity contribution in [3.63, 3.8) is 0 Å². The monoisotopic (exact) mass is 401 g/mol. The molecule has 1 aliphatic rings. The average Bonchev–Trinajstić information content (AvgIpc) is 2.74. The van der Waals surface area contributed by atoms with E-state index < -0.39 is 0 Å². The van der Waals surface area contributed by atoms with Crippen molar-refractivity contribution in [2.75, 3.05) is 11.4 Å². The first-order chi connectivity index (χ1) is 14.1. The highest BCUT2D eigenvalue weighted by atomic mass is 32.1. The number of anilines is 1. The Bertz CT molecular complexity index is 1340. The van der Waals surface area contributed by atoms with Gasteiger partial charge in [-0.15, -0.1) is 0 Å². The Hall–Kier alpha value is -3.32.